The second kappa shape index (κ2) is 5.04. The lowest BCUT2D eigenvalue weighted by Crippen LogP contribution is -2.47. The molecule has 1 aliphatic rings. The van der Waals surface area contributed by atoms with Gasteiger partial charge in [-0.1, -0.05) is 19.3 Å². The SMILES string of the molecule is CNc1nnc(CC2(NC)CCCCC2)n1C. The quantitative estimate of drug-likeness (QED) is 0.829. The van der Waals surface area contributed by atoms with E-state index in [1.807, 2.05) is 18.7 Å². The predicted molar refractivity (Wildman–Crippen MR) is 69.1 cm³/mol. The van der Waals surface area contributed by atoms with Crippen LogP contribution in [0, 0.1) is 0 Å². The molecule has 0 bridgehead atoms. The third kappa shape index (κ3) is 2.44. The van der Waals surface area contributed by atoms with E-state index in [1.54, 1.807) is 0 Å². The molecule has 0 aromatic carbocycles. The number of likely N-dealkylation sites (N-methyl/N-ethyl adjacent to an activating group) is 1. The molecule has 5 nitrogen and oxygen atoms in total. The van der Waals surface area contributed by atoms with Crippen molar-refractivity contribution in [2.45, 2.75) is 44.1 Å². The highest BCUT2D eigenvalue weighted by Crippen LogP contribution is 2.30. The summed E-state index contributed by atoms with van der Waals surface area (Å²) in [5.41, 5.74) is 0.226. The highest BCUT2D eigenvalue weighted by molar-refractivity contribution is 5.24. The van der Waals surface area contributed by atoms with Gasteiger partial charge >= 0.3 is 0 Å². The molecule has 1 aliphatic carbocycles. The minimum atomic E-state index is 0.226. The topological polar surface area (TPSA) is 54.8 Å². The van der Waals surface area contributed by atoms with Gasteiger partial charge in [-0.15, -0.1) is 10.2 Å². The first-order chi connectivity index (χ1) is 8.21. The Morgan fingerprint density at radius 1 is 1.18 bits per heavy atom. The van der Waals surface area contributed by atoms with Gasteiger partial charge in [0.1, 0.15) is 5.82 Å². The Morgan fingerprint density at radius 3 is 2.41 bits per heavy atom. The molecular formula is C12H23N5. The summed E-state index contributed by atoms with van der Waals surface area (Å²) in [6.45, 7) is 0. The van der Waals surface area contributed by atoms with E-state index >= 15 is 0 Å². The third-order valence-electron chi connectivity index (χ3n) is 4.03. The van der Waals surface area contributed by atoms with Crippen LogP contribution in [0.5, 0.6) is 0 Å². The van der Waals surface area contributed by atoms with Crippen LogP contribution in [-0.4, -0.2) is 34.4 Å². The molecule has 1 saturated carbocycles. The van der Waals surface area contributed by atoms with Crippen LogP contribution < -0.4 is 10.6 Å². The lowest BCUT2D eigenvalue weighted by atomic mass is 9.79. The summed E-state index contributed by atoms with van der Waals surface area (Å²) < 4.78 is 2.05. The number of aromatic nitrogens is 3. The maximum atomic E-state index is 4.28. The van der Waals surface area contributed by atoms with Gasteiger partial charge in [0, 0.05) is 26.1 Å². The molecule has 0 atom stereocenters. The van der Waals surface area contributed by atoms with E-state index in [4.69, 9.17) is 0 Å². The highest BCUT2D eigenvalue weighted by atomic mass is 15.3. The lowest BCUT2D eigenvalue weighted by Gasteiger charge is -2.36. The molecule has 0 amide bonds. The van der Waals surface area contributed by atoms with Crippen molar-refractivity contribution < 1.29 is 0 Å². The van der Waals surface area contributed by atoms with Crippen molar-refractivity contribution in [3.8, 4) is 0 Å². The van der Waals surface area contributed by atoms with Crippen molar-refractivity contribution in [2.75, 3.05) is 19.4 Å². The van der Waals surface area contributed by atoms with Crippen molar-refractivity contribution in [3.05, 3.63) is 5.82 Å². The molecule has 0 aliphatic heterocycles. The van der Waals surface area contributed by atoms with Gasteiger partial charge < -0.3 is 15.2 Å². The number of nitrogens with zero attached hydrogens (tertiary/aromatic N) is 3. The van der Waals surface area contributed by atoms with E-state index in [9.17, 15) is 0 Å². The summed E-state index contributed by atoms with van der Waals surface area (Å²) in [6, 6.07) is 0. The minimum Gasteiger partial charge on any atom is -0.357 e. The Labute approximate surface area is 103 Å². The van der Waals surface area contributed by atoms with Gasteiger partial charge in [-0.25, -0.2) is 0 Å². The zero-order chi connectivity index (χ0) is 12.3. The maximum Gasteiger partial charge on any atom is 0.224 e. The minimum absolute atomic E-state index is 0.226. The van der Waals surface area contributed by atoms with Crippen LogP contribution >= 0.6 is 0 Å². The Morgan fingerprint density at radius 2 is 1.88 bits per heavy atom. The zero-order valence-corrected chi connectivity index (χ0v) is 11.1. The van der Waals surface area contributed by atoms with Crippen molar-refractivity contribution in [1.29, 1.82) is 0 Å². The molecule has 5 heteroatoms. The maximum absolute atomic E-state index is 4.28. The van der Waals surface area contributed by atoms with Crippen LogP contribution in [0.15, 0.2) is 0 Å². The fourth-order valence-electron chi connectivity index (χ4n) is 2.78. The van der Waals surface area contributed by atoms with E-state index in [2.05, 4.69) is 27.9 Å². The average Bonchev–Trinajstić information content (AvgIpc) is 2.71. The van der Waals surface area contributed by atoms with Crippen molar-refractivity contribution in [3.63, 3.8) is 0 Å². The first-order valence-corrected chi connectivity index (χ1v) is 6.46. The molecule has 2 N–H and O–H groups in total. The van der Waals surface area contributed by atoms with E-state index in [-0.39, 0.29) is 5.54 Å². The number of nitrogens with one attached hydrogen (secondary N) is 2. The molecule has 0 spiro atoms. The third-order valence-corrected chi connectivity index (χ3v) is 4.03. The van der Waals surface area contributed by atoms with E-state index < -0.39 is 0 Å². The summed E-state index contributed by atoms with van der Waals surface area (Å²) in [4.78, 5) is 0. The first-order valence-electron chi connectivity index (χ1n) is 6.46. The molecule has 1 aromatic rings. The Hall–Kier alpha value is -1.10. The molecule has 96 valence electrons. The molecule has 17 heavy (non-hydrogen) atoms. The van der Waals surface area contributed by atoms with Gasteiger partial charge in [-0.05, 0) is 19.9 Å². The normalized spacial score (nSPS) is 19.2. The second-order valence-corrected chi connectivity index (χ2v) is 5.02. The van der Waals surface area contributed by atoms with Gasteiger partial charge in [0.25, 0.3) is 0 Å². The van der Waals surface area contributed by atoms with Gasteiger partial charge in [0.05, 0.1) is 0 Å². The van der Waals surface area contributed by atoms with Crippen LogP contribution in [0.4, 0.5) is 5.95 Å². The van der Waals surface area contributed by atoms with Crippen LogP contribution in [0.3, 0.4) is 0 Å². The Kier molecular flexibility index (Phi) is 3.66. The van der Waals surface area contributed by atoms with Crippen molar-refractivity contribution >= 4 is 5.95 Å². The van der Waals surface area contributed by atoms with E-state index in [1.165, 1.54) is 32.1 Å². The number of hydrogen-bond donors (Lipinski definition) is 2. The molecule has 1 heterocycles. The van der Waals surface area contributed by atoms with Crippen molar-refractivity contribution in [2.24, 2.45) is 7.05 Å². The van der Waals surface area contributed by atoms with Gasteiger partial charge in [-0.2, -0.15) is 0 Å². The van der Waals surface area contributed by atoms with Gasteiger partial charge in [-0.3, -0.25) is 0 Å². The standard InChI is InChI=1S/C12H23N5/c1-13-11-16-15-10(17(11)3)9-12(14-2)7-5-4-6-8-12/h14H,4-9H2,1-3H3,(H,13,16). The van der Waals surface area contributed by atoms with Crippen molar-refractivity contribution in [1.82, 2.24) is 20.1 Å². The fraction of sp³-hybridized carbons (Fsp3) is 0.833. The largest absolute Gasteiger partial charge is 0.357 e. The predicted octanol–water partition coefficient (Wildman–Crippen LogP) is 1.32. The van der Waals surface area contributed by atoms with Crippen LogP contribution in [-0.2, 0) is 13.5 Å². The molecule has 0 saturated heterocycles. The molecule has 2 rings (SSSR count). The van der Waals surface area contributed by atoms with Gasteiger partial charge in [0.2, 0.25) is 5.95 Å². The molecule has 1 aromatic heterocycles. The van der Waals surface area contributed by atoms with Crippen LogP contribution in [0.2, 0.25) is 0 Å². The average molecular weight is 237 g/mol. The second-order valence-electron chi connectivity index (χ2n) is 5.02. The Bertz CT molecular complexity index is 365. The lowest BCUT2D eigenvalue weighted by molar-refractivity contribution is 0.239. The van der Waals surface area contributed by atoms with E-state index in [0.717, 1.165) is 18.2 Å². The first kappa shape index (κ1) is 12.4. The summed E-state index contributed by atoms with van der Waals surface area (Å²) in [6.07, 6.45) is 7.45. The number of hydrogen-bond acceptors (Lipinski definition) is 4. The van der Waals surface area contributed by atoms with E-state index in [0.29, 0.717) is 0 Å². The monoisotopic (exact) mass is 237 g/mol. The number of anilines is 1. The molecule has 1 fully saturated rings. The summed E-state index contributed by atoms with van der Waals surface area (Å²) in [5.74, 6) is 1.90. The Balaban J connectivity index is 2.14. The van der Waals surface area contributed by atoms with Gasteiger partial charge in [0.15, 0.2) is 0 Å². The molecule has 0 unspecified atom stereocenters. The zero-order valence-electron chi connectivity index (χ0n) is 11.1. The molecule has 0 radical (unpaired) electrons. The highest BCUT2D eigenvalue weighted by Gasteiger charge is 2.32. The smallest absolute Gasteiger partial charge is 0.224 e. The summed E-state index contributed by atoms with van der Waals surface area (Å²) in [7, 11) is 5.97. The number of rotatable bonds is 4. The molecular weight excluding hydrogens is 214 g/mol. The van der Waals surface area contributed by atoms with Crippen LogP contribution in [0.1, 0.15) is 37.9 Å². The summed E-state index contributed by atoms with van der Waals surface area (Å²) >= 11 is 0. The van der Waals surface area contributed by atoms with Crippen LogP contribution in [0.25, 0.3) is 0 Å². The fourth-order valence-corrected chi connectivity index (χ4v) is 2.78. The summed E-state index contributed by atoms with van der Waals surface area (Å²) in [5, 5.41) is 15.0.